The highest BCUT2D eigenvalue weighted by molar-refractivity contribution is 9.10. The number of nitrogens with zero attached hydrogens (tertiary/aromatic N) is 3. The molecule has 0 aliphatic rings. The second-order valence-electron chi connectivity index (χ2n) is 3.74. The summed E-state index contributed by atoms with van der Waals surface area (Å²) in [5.74, 6) is 0.637. The zero-order valence-electron chi connectivity index (χ0n) is 9.62. The predicted octanol–water partition coefficient (Wildman–Crippen LogP) is 3.21. The summed E-state index contributed by atoms with van der Waals surface area (Å²) in [6, 6.07) is 5.46. The van der Waals surface area contributed by atoms with Gasteiger partial charge in [-0.15, -0.1) is 23.1 Å². The molecule has 0 aliphatic carbocycles. The minimum absolute atomic E-state index is 0.0365. The molecule has 0 radical (unpaired) electrons. The van der Waals surface area contributed by atoms with Crippen LogP contribution in [0.15, 0.2) is 50.3 Å². The van der Waals surface area contributed by atoms with E-state index in [4.69, 9.17) is 0 Å². The average Bonchev–Trinajstić information content (AvgIpc) is 2.87. The molecular formula is C12H8BrN3OS2. The molecule has 0 atom stereocenters. The van der Waals surface area contributed by atoms with Crippen LogP contribution in [-0.2, 0) is 5.75 Å². The Balaban J connectivity index is 1.81. The van der Waals surface area contributed by atoms with Gasteiger partial charge in [0.15, 0.2) is 4.96 Å². The maximum Gasteiger partial charge on any atom is 0.258 e. The minimum Gasteiger partial charge on any atom is -0.269 e. The van der Waals surface area contributed by atoms with E-state index >= 15 is 0 Å². The number of hydrogen-bond acceptors (Lipinski definition) is 5. The number of thiazole rings is 1. The summed E-state index contributed by atoms with van der Waals surface area (Å²) < 4.78 is 2.50. The fourth-order valence-electron chi connectivity index (χ4n) is 1.56. The molecule has 96 valence electrons. The van der Waals surface area contributed by atoms with E-state index in [2.05, 4.69) is 25.9 Å². The first-order valence-corrected chi connectivity index (χ1v) is 8.08. The van der Waals surface area contributed by atoms with Crippen molar-refractivity contribution in [1.29, 1.82) is 0 Å². The van der Waals surface area contributed by atoms with E-state index in [1.54, 1.807) is 34.6 Å². The molecule has 3 aromatic rings. The zero-order valence-corrected chi connectivity index (χ0v) is 12.8. The molecular weight excluding hydrogens is 346 g/mol. The van der Waals surface area contributed by atoms with Gasteiger partial charge in [0.25, 0.3) is 5.56 Å². The molecule has 0 N–H and O–H groups in total. The fraction of sp³-hybridized carbons (Fsp3) is 0.0833. The minimum atomic E-state index is -0.0365. The largest absolute Gasteiger partial charge is 0.269 e. The Labute approximate surface area is 125 Å². The van der Waals surface area contributed by atoms with E-state index in [1.165, 1.54) is 11.3 Å². The highest BCUT2D eigenvalue weighted by atomic mass is 79.9. The second kappa shape index (κ2) is 5.44. The number of hydrogen-bond donors (Lipinski definition) is 0. The first kappa shape index (κ1) is 12.8. The summed E-state index contributed by atoms with van der Waals surface area (Å²) in [5, 5.41) is 2.77. The normalized spacial score (nSPS) is 11.0. The van der Waals surface area contributed by atoms with E-state index in [1.807, 2.05) is 17.5 Å². The quantitative estimate of drug-likeness (QED) is 0.678. The lowest BCUT2D eigenvalue weighted by molar-refractivity contribution is 1.04. The van der Waals surface area contributed by atoms with Gasteiger partial charge in [-0.25, -0.2) is 9.97 Å². The van der Waals surface area contributed by atoms with Crippen LogP contribution in [0, 0.1) is 0 Å². The molecule has 3 heterocycles. The summed E-state index contributed by atoms with van der Waals surface area (Å²) in [4.78, 5) is 21.3. The van der Waals surface area contributed by atoms with Crippen molar-refractivity contribution >= 4 is 44.0 Å². The maximum atomic E-state index is 11.8. The van der Waals surface area contributed by atoms with Gasteiger partial charge in [-0.05, 0) is 28.1 Å². The van der Waals surface area contributed by atoms with Crippen molar-refractivity contribution in [1.82, 2.24) is 14.4 Å². The van der Waals surface area contributed by atoms with E-state index in [0.717, 1.165) is 20.2 Å². The van der Waals surface area contributed by atoms with Crippen LogP contribution in [0.25, 0.3) is 4.96 Å². The van der Waals surface area contributed by atoms with Gasteiger partial charge in [0, 0.05) is 34.1 Å². The summed E-state index contributed by atoms with van der Waals surface area (Å²) in [6.45, 7) is 0. The van der Waals surface area contributed by atoms with Crippen LogP contribution >= 0.6 is 39.0 Å². The summed E-state index contributed by atoms with van der Waals surface area (Å²) in [6.07, 6.45) is 3.50. The van der Waals surface area contributed by atoms with Gasteiger partial charge in [0.1, 0.15) is 0 Å². The van der Waals surface area contributed by atoms with Crippen LogP contribution in [0.4, 0.5) is 0 Å². The van der Waals surface area contributed by atoms with Crippen molar-refractivity contribution in [3.63, 3.8) is 0 Å². The zero-order chi connectivity index (χ0) is 13.2. The summed E-state index contributed by atoms with van der Waals surface area (Å²) in [5.41, 5.74) is 0.743. The number of halogens is 1. The Morgan fingerprint density at radius 2 is 2.32 bits per heavy atom. The summed E-state index contributed by atoms with van der Waals surface area (Å²) >= 11 is 6.37. The Morgan fingerprint density at radius 1 is 1.42 bits per heavy atom. The molecule has 0 saturated carbocycles. The molecule has 0 saturated heterocycles. The van der Waals surface area contributed by atoms with Gasteiger partial charge >= 0.3 is 0 Å². The molecule has 0 unspecified atom stereocenters. The van der Waals surface area contributed by atoms with Gasteiger partial charge in [-0.3, -0.25) is 9.20 Å². The maximum absolute atomic E-state index is 11.8. The molecule has 7 heteroatoms. The van der Waals surface area contributed by atoms with Gasteiger partial charge in [0.05, 0.1) is 10.7 Å². The topological polar surface area (TPSA) is 47.3 Å². The standard InChI is InChI=1S/C12H8BrN3OS2/c13-8-1-2-10(14-6-8)19-7-9-5-11(17)16-3-4-18-12(16)15-9/h1-6H,7H2. The van der Waals surface area contributed by atoms with Crippen LogP contribution in [0.1, 0.15) is 5.69 Å². The van der Waals surface area contributed by atoms with Gasteiger partial charge < -0.3 is 0 Å². The highest BCUT2D eigenvalue weighted by Crippen LogP contribution is 2.21. The highest BCUT2D eigenvalue weighted by Gasteiger charge is 2.04. The predicted molar refractivity (Wildman–Crippen MR) is 80.8 cm³/mol. The number of pyridine rings is 1. The van der Waals surface area contributed by atoms with Crippen molar-refractivity contribution in [2.75, 3.05) is 0 Å². The molecule has 0 bridgehead atoms. The molecule has 4 nitrogen and oxygen atoms in total. The summed E-state index contributed by atoms with van der Waals surface area (Å²) in [7, 11) is 0. The first-order valence-electron chi connectivity index (χ1n) is 5.42. The molecule has 3 rings (SSSR count). The van der Waals surface area contributed by atoms with Gasteiger partial charge in [-0.2, -0.15) is 0 Å². The SMILES string of the molecule is O=c1cc(CSc2ccc(Br)cn2)nc2sccn12. The Bertz CT molecular complexity index is 766. The molecule has 0 amide bonds. The van der Waals surface area contributed by atoms with Crippen LogP contribution in [-0.4, -0.2) is 14.4 Å². The molecule has 0 fully saturated rings. The molecule has 3 aromatic heterocycles. The van der Waals surface area contributed by atoms with E-state index in [0.29, 0.717) is 5.75 Å². The Kier molecular flexibility index (Phi) is 3.67. The van der Waals surface area contributed by atoms with Crippen molar-refractivity contribution in [3.8, 4) is 0 Å². The lowest BCUT2D eigenvalue weighted by Crippen LogP contribution is -2.12. The van der Waals surface area contributed by atoms with Gasteiger partial charge in [0.2, 0.25) is 0 Å². The van der Waals surface area contributed by atoms with Crippen molar-refractivity contribution in [2.24, 2.45) is 0 Å². The van der Waals surface area contributed by atoms with Crippen LogP contribution in [0.5, 0.6) is 0 Å². The van der Waals surface area contributed by atoms with Gasteiger partial charge in [-0.1, -0.05) is 0 Å². The number of fused-ring (bicyclic) bond motifs is 1. The van der Waals surface area contributed by atoms with Crippen molar-refractivity contribution in [2.45, 2.75) is 10.8 Å². The third-order valence-electron chi connectivity index (χ3n) is 2.42. The molecule has 0 aliphatic heterocycles. The van der Waals surface area contributed by atoms with Crippen molar-refractivity contribution in [3.05, 3.63) is 56.5 Å². The number of aromatic nitrogens is 3. The first-order chi connectivity index (χ1) is 9.22. The number of thioether (sulfide) groups is 1. The third-order valence-corrected chi connectivity index (χ3v) is 4.63. The van der Waals surface area contributed by atoms with E-state index in [9.17, 15) is 4.79 Å². The Morgan fingerprint density at radius 3 is 3.11 bits per heavy atom. The average molecular weight is 354 g/mol. The monoisotopic (exact) mass is 353 g/mol. The van der Waals surface area contributed by atoms with E-state index in [-0.39, 0.29) is 5.56 Å². The van der Waals surface area contributed by atoms with Crippen molar-refractivity contribution < 1.29 is 0 Å². The fourth-order valence-corrected chi connectivity index (χ4v) is 3.27. The molecule has 0 spiro atoms. The molecule has 19 heavy (non-hydrogen) atoms. The molecule has 0 aromatic carbocycles. The second-order valence-corrected chi connectivity index (χ2v) is 6.53. The Hall–Kier alpha value is -1.18. The number of rotatable bonds is 3. The third kappa shape index (κ3) is 2.88. The van der Waals surface area contributed by atoms with Crippen LogP contribution in [0.3, 0.4) is 0 Å². The smallest absolute Gasteiger partial charge is 0.258 e. The van der Waals surface area contributed by atoms with Crippen LogP contribution < -0.4 is 5.56 Å². The van der Waals surface area contributed by atoms with E-state index < -0.39 is 0 Å². The lowest BCUT2D eigenvalue weighted by atomic mass is 10.4. The van der Waals surface area contributed by atoms with Crippen LogP contribution in [0.2, 0.25) is 0 Å². The lowest BCUT2D eigenvalue weighted by Gasteiger charge is -2.01.